The summed E-state index contributed by atoms with van der Waals surface area (Å²) in [5.74, 6) is -1.37. The fourth-order valence-electron chi connectivity index (χ4n) is 6.26. The summed E-state index contributed by atoms with van der Waals surface area (Å²) < 4.78 is 5.62. The third-order valence-electron chi connectivity index (χ3n) is 8.76. The van der Waals surface area contributed by atoms with E-state index < -0.39 is 36.1 Å². The van der Waals surface area contributed by atoms with Gasteiger partial charge >= 0.3 is 0 Å². The maximum atomic E-state index is 13.7. The van der Waals surface area contributed by atoms with Crippen LogP contribution in [0.15, 0.2) is 72.8 Å². The van der Waals surface area contributed by atoms with E-state index in [-0.39, 0.29) is 31.3 Å². The van der Waals surface area contributed by atoms with Crippen molar-refractivity contribution in [3.63, 3.8) is 0 Å². The van der Waals surface area contributed by atoms with Crippen LogP contribution >= 0.6 is 0 Å². The molecule has 5 atom stereocenters. The van der Waals surface area contributed by atoms with Gasteiger partial charge in [0.25, 0.3) is 5.91 Å². The number of aryl methyl sites for hydroxylation is 2. The number of ether oxygens (including phenoxy) is 1. The first-order chi connectivity index (χ1) is 21.2. The Bertz CT molecular complexity index is 1460. The van der Waals surface area contributed by atoms with Gasteiger partial charge in [0.05, 0.1) is 6.04 Å². The molecule has 0 aromatic heterocycles. The molecule has 5 rings (SSSR count). The molecule has 9 nitrogen and oxygen atoms in total. The molecule has 0 saturated carbocycles. The van der Waals surface area contributed by atoms with Crippen molar-refractivity contribution >= 4 is 17.7 Å². The van der Waals surface area contributed by atoms with Crippen LogP contribution < -0.4 is 15.4 Å². The number of nitrogens with zero attached hydrogens (tertiary/aromatic N) is 1. The molecule has 0 bridgehead atoms. The number of hydrogen-bond donors (Lipinski definition) is 4. The molecule has 2 aliphatic heterocycles. The van der Waals surface area contributed by atoms with Gasteiger partial charge in [-0.25, -0.2) is 0 Å². The monoisotopic (exact) mass is 599 g/mol. The normalized spacial score (nSPS) is 20.6. The fourth-order valence-corrected chi connectivity index (χ4v) is 6.26. The largest absolute Gasteiger partial charge is 0.490 e. The summed E-state index contributed by atoms with van der Waals surface area (Å²) in [7, 11) is 0. The quantitative estimate of drug-likeness (QED) is 0.284. The first-order valence-corrected chi connectivity index (χ1v) is 15.3. The summed E-state index contributed by atoms with van der Waals surface area (Å²) in [6, 6.07) is 21.2. The Labute approximate surface area is 258 Å². The number of aliphatic hydroxyl groups is 2. The highest BCUT2D eigenvalue weighted by molar-refractivity contribution is 5.90. The van der Waals surface area contributed by atoms with Crippen LogP contribution in [0.2, 0.25) is 0 Å². The van der Waals surface area contributed by atoms with E-state index in [1.54, 1.807) is 12.1 Å². The third kappa shape index (κ3) is 7.11. The molecule has 44 heavy (non-hydrogen) atoms. The number of carbonyl (C=O) groups excluding carboxylic acids is 3. The maximum Gasteiger partial charge on any atom is 0.252 e. The predicted molar refractivity (Wildman–Crippen MR) is 166 cm³/mol. The Morgan fingerprint density at radius 1 is 0.977 bits per heavy atom. The zero-order chi connectivity index (χ0) is 31.2. The Hall–Kier alpha value is -4.21. The Kier molecular flexibility index (Phi) is 9.97. The smallest absolute Gasteiger partial charge is 0.252 e. The number of amides is 3. The lowest BCUT2D eigenvalue weighted by atomic mass is 9.90. The first-order valence-electron chi connectivity index (χ1n) is 15.3. The van der Waals surface area contributed by atoms with E-state index in [2.05, 4.69) is 10.6 Å². The number of rotatable bonds is 10. The van der Waals surface area contributed by atoms with Crippen LogP contribution in [0.3, 0.4) is 0 Å². The molecule has 0 aliphatic carbocycles. The van der Waals surface area contributed by atoms with Gasteiger partial charge in [-0.15, -0.1) is 0 Å². The number of hydrogen-bond acceptors (Lipinski definition) is 6. The van der Waals surface area contributed by atoms with Gasteiger partial charge in [-0.2, -0.15) is 0 Å². The summed E-state index contributed by atoms with van der Waals surface area (Å²) in [6.45, 7) is 4.75. The van der Waals surface area contributed by atoms with Crippen molar-refractivity contribution in [2.24, 2.45) is 5.92 Å². The number of aliphatic hydroxyl groups excluding tert-OH is 2. The third-order valence-corrected chi connectivity index (χ3v) is 8.76. The highest BCUT2D eigenvalue weighted by Crippen LogP contribution is 2.32. The van der Waals surface area contributed by atoms with Crippen molar-refractivity contribution in [1.29, 1.82) is 0 Å². The first kappa shape index (κ1) is 31.2. The second-order valence-corrected chi connectivity index (χ2v) is 11.8. The molecular formula is C35H41N3O6. The van der Waals surface area contributed by atoms with Crippen LogP contribution in [0, 0.1) is 19.8 Å². The summed E-state index contributed by atoms with van der Waals surface area (Å²) in [4.78, 5) is 42.0. The predicted octanol–water partition coefficient (Wildman–Crippen LogP) is 3.13. The summed E-state index contributed by atoms with van der Waals surface area (Å²) in [5.41, 5.74) is 4.76. The van der Waals surface area contributed by atoms with Gasteiger partial charge in [0.1, 0.15) is 30.6 Å². The van der Waals surface area contributed by atoms with Gasteiger partial charge < -0.3 is 30.5 Å². The molecule has 1 fully saturated rings. The maximum absolute atomic E-state index is 13.7. The molecule has 0 radical (unpaired) electrons. The minimum absolute atomic E-state index is 0.0360. The Morgan fingerprint density at radius 3 is 2.43 bits per heavy atom. The van der Waals surface area contributed by atoms with Crippen molar-refractivity contribution < 1.29 is 29.3 Å². The number of likely N-dealkylation sites (tertiary alicyclic amines) is 1. The summed E-state index contributed by atoms with van der Waals surface area (Å²) in [5, 5.41) is 27.8. The molecule has 4 N–H and O–H groups in total. The van der Waals surface area contributed by atoms with Gasteiger partial charge in [-0.3, -0.25) is 14.4 Å². The number of para-hydroxylation sites is 1. The highest BCUT2D eigenvalue weighted by Gasteiger charge is 2.39. The Morgan fingerprint density at radius 2 is 1.68 bits per heavy atom. The van der Waals surface area contributed by atoms with Crippen LogP contribution in [0.4, 0.5) is 0 Å². The van der Waals surface area contributed by atoms with Crippen molar-refractivity contribution in [2.45, 2.75) is 70.4 Å². The average molecular weight is 600 g/mol. The topological polar surface area (TPSA) is 128 Å². The molecule has 2 aliphatic rings. The second-order valence-electron chi connectivity index (χ2n) is 11.8. The van der Waals surface area contributed by atoms with Gasteiger partial charge in [-0.05, 0) is 67.9 Å². The van der Waals surface area contributed by atoms with Gasteiger partial charge in [0.15, 0.2) is 0 Å². The molecule has 9 heteroatoms. The molecule has 2 heterocycles. The lowest BCUT2D eigenvalue weighted by Gasteiger charge is -2.32. The molecule has 0 spiro atoms. The lowest BCUT2D eigenvalue weighted by Crippen LogP contribution is -2.50. The van der Waals surface area contributed by atoms with E-state index in [4.69, 9.17) is 4.74 Å². The van der Waals surface area contributed by atoms with Crippen LogP contribution in [0.25, 0.3) is 0 Å². The van der Waals surface area contributed by atoms with E-state index in [9.17, 15) is 24.6 Å². The zero-order valence-corrected chi connectivity index (χ0v) is 25.2. The molecule has 0 unspecified atom stereocenters. The molecule has 3 aromatic rings. The Balaban J connectivity index is 1.28. The molecule has 3 amide bonds. The highest BCUT2D eigenvalue weighted by atomic mass is 16.5. The van der Waals surface area contributed by atoms with Crippen LogP contribution in [0.5, 0.6) is 5.75 Å². The second kappa shape index (κ2) is 14.1. The van der Waals surface area contributed by atoms with Crippen molar-refractivity contribution in [2.75, 3.05) is 13.2 Å². The standard InChI is InChI=1S/C35H41N3O6/c1-22-10-8-11-23(2)27(22)20-36-34(42)28-15-9-17-38(28)35(43)29(39)19-25(18-24-12-4-3-5-13-24)33(41)37-32-26-14-6-7-16-31(26)44-21-30(32)40/h3-8,10-14,16,25,28-30,32,39-40H,9,15,17-21H2,1-2H3,(H,36,42)(H,37,41)/t25-,28+,29+,30-,32+/m1/s1. The van der Waals surface area contributed by atoms with E-state index in [0.29, 0.717) is 37.2 Å². The lowest BCUT2D eigenvalue weighted by molar-refractivity contribution is -0.146. The van der Waals surface area contributed by atoms with Crippen molar-refractivity contribution in [3.05, 3.63) is 101 Å². The summed E-state index contributed by atoms with van der Waals surface area (Å²) in [6.07, 6.45) is -1.12. The van der Waals surface area contributed by atoms with E-state index >= 15 is 0 Å². The minimum atomic E-state index is -1.48. The molecule has 232 valence electrons. The number of fused-ring (bicyclic) bond motifs is 1. The van der Waals surface area contributed by atoms with Crippen molar-refractivity contribution in [1.82, 2.24) is 15.5 Å². The van der Waals surface area contributed by atoms with E-state index in [0.717, 1.165) is 22.3 Å². The van der Waals surface area contributed by atoms with Crippen LogP contribution in [-0.2, 0) is 27.3 Å². The molecule has 3 aromatic carbocycles. The SMILES string of the molecule is Cc1cccc(C)c1CNC(=O)[C@@H]1CCCN1C(=O)[C@@H](O)C[C@@H](Cc1ccccc1)C(=O)N[C@H]1c2ccccc2OC[C@H]1O. The molecule has 1 saturated heterocycles. The average Bonchev–Trinajstić information content (AvgIpc) is 3.52. The number of carbonyl (C=O) groups is 3. The van der Waals surface area contributed by atoms with Crippen LogP contribution in [-0.4, -0.2) is 64.2 Å². The number of nitrogens with one attached hydrogen (secondary N) is 2. The van der Waals surface area contributed by atoms with Gasteiger partial charge in [0.2, 0.25) is 11.8 Å². The molecular weight excluding hydrogens is 558 g/mol. The number of benzene rings is 3. The van der Waals surface area contributed by atoms with E-state index in [1.807, 2.05) is 74.5 Å². The van der Waals surface area contributed by atoms with Crippen molar-refractivity contribution in [3.8, 4) is 5.75 Å². The summed E-state index contributed by atoms with van der Waals surface area (Å²) >= 11 is 0. The zero-order valence-electron chi connectivity index (χ0n) is 25.2. The van der Waals surface area contributed by atoms with Gasteiger partial charge in [0, 0.05) is 24.6 Å². The van der Waals surface area contributed by atoms with E-state index in [1.165, 1.54) is 4.90 Å². The van der Waals surface area contributed by atoms with Crippen LogP contribution in [0.1, 0.15) is 53.1 Å². The fraction of sp³-hybridized carbons (Fsp3) is 0.400. The van der Waals surface area contributed by atoms with Gasteiger partial charge in [-0.1, -0.05) is 66.7 Å². The minimum Gasteiger partial charge on any atom is -0.490 e.